The summed E-state index contributed by atoms with van der Waals surface area (Å²) in [5.41, 5.74) is 2.29. The van der Waals surface area contributed by atoms with Crippen LogP contribution < -0.4 is 5.32 Å². The Labute approximate surface area is 96.7 Å². The molecule has 4 nitrogen and oxygen atoms in total. The Balaban J connectivity index is 1.97. The molecule has 1 aliphatic carbocycles. The largest absolute Gasteiger partial charge is 0.393 e. The summed E-state index contributed by atoms with van der Waals surface area (Å²) < 4.78 is 1.86. The van der Waals surface area contributed by atoms with E-state index in [4.69, 9.17) is 0 Å². The van der Waals surface area contributed by atoms with E-state index in [0.29, 0.717) is 6.04 Å². The lowest BCUT2D eigenvalue weighted by atomic mass is 9.93. The highest BCUT2D eigenvalue weighted by molar-refractivity contribution is 5.47. The number of rotatable bonds is 3. The third kappa shape index (κ3) is 2.55. The molecule has 1 aromatic heterocycles. The summed E-state index contributed by atoms with van der Waals surface area (Å²) in [7, 11) is 1.95. The van der Waals surface area contributed by atoms with Gasteiger partial charge in [-0.2, -0.15) is 5.10 Å². The Hall–Kier alpha value is -1.03. The highest BCUT2D eigenvalue weighted by Crippen LogP contribution is 2.23. The van der Waals surface area contributed by atoms with Crippen molar-refractivity contribution in [2.45, 2.75) is 51.2 Å². The fourth-order valence-electron chi connectivity index (χ4n) is 2.36. The second-order valence-corrected chi connectivity index (χ2v) is 4.67. The molecule has 1 aromatic rings. The van der Waals surface area contributed by atoms with Crippen molar-refractivity contribution in [3.05, 3.63) is 11.9 Å². The summed E-state index contributed by atoms with van der Waals surface area (Å²) in [5.74, 6) is 0. The molecule has 2 rings (SSSR count). The first-order chi connectivity index (χ1) is 7.69. The summed E-state index contributed by atoms with van der Waals surface area (Å²) in [4.78, 5) is 0. The maximum atomic E-state index is 9.45. The van der Waals surface area contributed by atoms with Crippen LogP contribution in [0.15, 0.2) is 6.20 Å². The molecule has 0 amide bonds. The van der Waals surface area contributed by atoms with Crippen molar-refractivity contribution >= 4 is 5.69 Å². The third-order valence-corrected chi connectivity index (χ3v) is 3.30. The van der Waals surface area contributed by atoms with Gasteiger partial charge >= 0.3 is 0 Å². The predicted octanol–water partition coefficient (Wildman–Crippen LogP) is 1.70. The number of anilines is 1. The molecular weight excluding hydrogens is 202 g/mol. The van der Waals surface area contributed by atoms with Crippen LogP contribution in [0, 0.1) is 0 Å². The highest BCUT2D eigenvalue weighted by Gasteiger charge is 2.20. The standard InChI is InChI=1S/C12H21N3O/c1-3-11-12(8-15(2)14-11)13-9-4-6-10(16)7-5-9/h8-10,13,16H,3-7H2,1-2H3. The zero-order valence-corrected chi connectivity index (χ0v) is 10.1. The molecule has 0 aromatic carbocycles. The lowest BCUT2D eigenvalue weighted by Gasteiger charge is -2.26. The highest BCUT2D eigenvalue weighted by atomic mass is 16.3. The number of hydrogen-bond acceptors (Lipinski definition) is 3. The van der Waals surface area contributed by atoms with E-state index in [9.17, 15) is 5.11 Å². The topological polar surface area (TPSA) is 50.1 Å². The van der Waals surface area contributed by atoms with E-state index in [1.165, 1.54) is 0 Å². The van der Waals surface area contributed by atoms with Gasteiger partial charge in [-0.1, -0.05) is 6.92 Å². The number of aryl methyl sites for hydroxylation is 2. The van der Waals surface area contributed by atoms with Crippen molar-refractivity contribution in [2.24, 2.45) is 7.05 Å². The molecule has 1 saturated carbocycles. The Morgan fingerprint density at radius 1 is 1.44 bits per heavy atom. The first-order valence-electron chi connectivity index (χ1n) is 6.16. The van der Waals surface area contributed by atoms with Gasteiger partial charge in [0.25, 0.3) is 0 Å². The molecule has 0 bridgehead atoms. The molecule has 0 atom stereocenters. The van der Waals surface area contributed by atoms with Gasteiger partial charge in [0, 0.05) is 19.3 Å². The quantitative estimate of drug-likeness (QED) is 0.820. The number of aromatic nitrogens is 2. The second-order valence-electron chi connectivity index (χ2n) is 4.67. The van der Waals surface area contributed by atoms with Crippen molar-refractivity contribution in [3.8, 4) is 0 Å². The van der Waals surface area contributed by atoms with Gasteiger partial charge in [0.05, 0.1) is 17.5 Å². The molecule has 0 aliphatic heterocycles. The summed E-state index contributed by atoms with van der Waals surface area (Å²) in [5, 5.41) is 17.4. The Kier molecular flexibility index (Phi) is 3.49. The number of hydrogen-bond donors (Lipinski definition) is 2. The first kappa shape index (κ1) is 11.5. The number of aliphatic hydroxyl groups is 1. The lowest BCUT2D eigenvalue weighted by Crippen LogP contribution is -2.28. The molecule has 0 saturated heterocycles. The van der Waals surface area contributed by atoms with Gasteiger partial charge in [0.15, 0.2) is 0 Å². The Morgan fingerprint density at radius 2 is 2.12 bits per heavy atom. The van der Waals surface area contributed by atoms with Crippen LogP contribution in [-0.4, -0.2) is 27.0 Å². The van der Waals surface area contributed by atoms with E-state index in [0.717, 1.165) is 43.5 Å². The lowest BCUT2D eigenvalue weighted by molar-refractivity contribution is 0.126. The maximum Gasteiger partial charge on any atom is 0.0853 e. The van der Waals surface area contributed by atoms with E-state index < -0.39 is 0 Å². The summed E-state index contributed by atoms with van der Waals surface area (Å²) in [6.07, 6.45) is 6.86. The van der Waals surface area contributed by atoms with Gasteiger partial charge in [-0.25, -0.2) is 0 Å². The van der Waals surface area contributed by atoms with Crippen LogP contribution in [0.25, 0.3) is 0 Å². The van der Waals surface area contributed by atoms with Crippen LogP contribution in [0.5, 0.6) is 0 Å². The van der Waals surface area contributed by atoms with E-state index in [1.807, 2.05) is 17.9 Å². The zero-order chi connectivity index (χ0) is 11.5. The monoisotopic (exact) mass is 223 g/mol. The van der Waals surface area contributed by atoms with E-state index >= 15 is 0 Å². The Bertz CT molecular complexity index is 340. The number of aliphatic hydroxyl groups excluding tert-OH is 1. The molecule has 16 heavy (non-hydrogen) atoms. The average molecular weight is 223 g/mol. The molecule has 90 valence electrons. The SMILES string of the molecule is CCc1nn(C)cc1NC1CCC(O)CC1. The third-order valence-electron chi connectivity index (χ3n) is 3.30. The van der Waals surface area contributed by atoms with Gasteiger partial charge in [-0.15, -0.1) is 0 Å². The van der Waals surface area contributed by atoms with Crippen LogP contribution in [0.3, 0.4) is 0 Å². The molecule has 2 N–H and O–H groups in total. The minimum Gasteiger partial charge on any atom is -0.393 e. The zero-order valence-electron chi connectivity index (χ0n) is 10.1. The Morgan fingerprint density at radius 3 is 2.75 bits per heavy atom. The van der Waals surface area contributed by atoms with Crippen LogP contribution >= 0.6 is 0 Å². The maximum absolute atomic E-state index is 9.45. The molecule has 4 heteroatoms. The second kappa shape index (κ2) is 4.87. The van der Waals surface area contributed by atoms with Gasteiger partial charge in [-0.05, 0) is 32.1 Å². The summed E-state index contributed by atoms with van der Waals surface area (Å²) in [6, 6.07) is 0.498. The van der Waals surface area contributed by atoms with Gasteiger partial charge in [-0.3, -0.25) is 4.68 Å². The van der Waals surface area contributed by atoms with Gasteiger partial charge in [0.1, 0.15) is 0 Å². The molecule has 0 radical (unpaired) electrons. The number of nitrogens with zero attached hydrogens (tertiary/aromatic N) is 2. The molecule has 0 unspecified atom stereocenters. The van der Waals surface area contributed by atoms with Crippen LogP contribution in [0.4, 0.5) is 5.69 Å². The van der Waals surface area contributed by atoms with E-state index in [1.54, 1.807) is 0 Å². The van der Waals surface area contributed by atoms with Crippen molar-refractivity contribution in [1.29, 1.82) is 0 Å². The number of nitrogens with one attached hydrogen (secondary N) is 1. The van der Waals surface area contributed by atoms with Gasteiger partial charge < -0.3 is 10.4 Å². The van der Waals surface area contributed by atoms with Crippen molar-refractivity contribution in [2.75, 3.05) is 5.32 Å². The predicted molar refractivity (Wildman–Crippen MR) is 64.5 cm³/mol. The van der Waals surface area contributed by atoms with E-state index in [2.05, 4.69) is 17.3 Å². The van der Waals surface area contributed by atoms with E-state index in [-0.39, 0.29) is 6.10 Å². The average Bonchev–Trinajstić information content (AvgIpc) is 2.62. The smallest absolute Gasteiger partial charge is 0.0853 e. The molecular formula is C12H21N3O. The normalized spacial score (nSPS) is 25.7. The molecule has 1 fully saturated rings. The molecule has 1 heterocycles. The van der Waals surface area contributed by atoms with Crippen LogP contribution in [-0.2, 0) is 13.5 Å². The minimum atomic E-state index is -0.0856. The fourth-order valence-corrected chi connectivity index (χ4v) is 2.36. The summed E-state index contributed by atoms with van der Waals surface area (Å²) >= 11 is 0. The van der Waals surface area contributed by atoms with Crippen LogP contribution in [0.1, 0.15) is 38.3 Å². The first-order valence-corrected chi connectivity index (χ1v) is 6.16. The fraction of sp³-hybridized carbons (Fsp3) is 0.750. The minimum absolute atomic E-state index is 0.0856. The van der Waals surface area contributed by atoms with Crippen molar-refractivity contribution in [3.63, 3.8) is 0 Å². The molecule has 0 spiro atoms. The van der Waals surface area contributed by atoms with Crippen molar-refractivity contribution in [1.82, 2.24) is 9.78 Å². The van der Waals surface area contributed by atoms with Crippen LogP contribution in [0.2, 0.25) is 0 Å². The van der Waals surface area contributed by atoms with Crippen molar-refractivity contribution < 1.29 is 5.11 Å². The molecule has 1 aliphatic rings. The van der Waals surface area contributed by atoms with Gasteiger partial charge in [0.2, 0.25) is 0 Å². The summed E-state index contributed by atoms with van der Waals surface area (Å²) in [6.45, 7) is 2.12.